The zero-order chi connectivity index (χ0) is 13.5. The zero-order valence-corrected chi connectivity index (χ0v) is 10.9. The van der Waals surface area contributed by atoms with Crippen LogP contribution in [0.15, 0.2) is 59.8 Å². The first kappa shape index (κ1) is 13.3. The SMILES string of the molecule is CC(=NOCc1ccccc1)c1cccc(CO)c1. The van der Waals surface area contributed by atoms with Crippen molar-refractivity contribution in [2.45, 2.75) is 20.1 Å². The third kappa shape index (κ3) is 3.93. The first-order valence-electron chi connectivity index (χ1n) is 6.20. The lowest BCUT2D eigenvalue weighted by Crippen LogP contribution is -1.98. The molecule has 3 nitrogen and oxygen atoms in total. The van der Waals surface area contributed by atoms with E-state index in [4.69, 9.17) is 9.94 Å². The maximum Gasteiger partial charge on any atom is 0.142 e. The van der Waals surface area contributed by atoms with E-state index in [-0.39, 0.29) is 6.61 Å². The smallest absolute Gasteiger partial charge is 0.142 e. The van der Waals surface area contributed by atoms with Gasteiger partial charge in [-0.3, -0.25) is 0 Å². The Balaban J connectivity index is 1.98. The molecule has 0 aliphatic rings. The Morgan fingerprint density at radius 3 is 2.53 bits per heavy atom. The molecule has 0 saturated carbocycles. The van der Waals surface area contributed by atoms with Crippen LogP contribution in [-0.2, 0) is 18.1 Å². The summed E-state index contributed by atoms with van der Waals surface area (Å²) < 4.78 is 0. The Hall–Kier alpha value is -2.13. The van der Waals surface area contributed by atoms with Crippen LogP contribution in [0.5, 0.6) is 0 Å². The molecule has 0 amide bonds. The molecule has 2 aromatic rings. The summed E-state index contributed by atoms with van der Waals surface area (Å²) in [6.07, 6.45) is 0. The van der Waals surface area contributed by atoms with Crippen molar-refractivity contribution in [1.29, 1.82) is 0 Å². The third-order valence-corrected chi connectivity index (χ3v) is 2.80. The lowest BCUT2D eigenvalue weighted by molar-refractivity contribution is 0.130. The molecular weight excluding hydrogens is 238 g/mol. The van der Waals surface area contributed by atoms with Crippen LogP contribution in [0.3, 0.4) is 0 Å². The van der Waals surface area contributed by atoms with E-state index in [2.05, 4.69) is 5.16 Å². The van der Waals surface area contributed by atoms with E-state index in [0.29, 0.717) is 6.61 Å². The molecule has 0 bridgehead atoms. The highest BCUT2D eigenvalue weighted by atomic mass is 16.6. The summed E-state index contributed by atoms with van der Waals surface area (Å²) in [5.74, 6) is 0. The number of nitrogens with zero attached hydrogens (tertiary/aromatic N) is 1. The van der Waals surface area contributed by atoms with Crippen LogP contribution in [0.4, 0.5) is 0 Å². The van der Waals surface area contributed by atoms with Crippen molar-refractivity contribution >= 4 is 5.71 Å². The van der Waals surface area contributed by atoms with Crippen molar-refractivity contribution in [2.24, 2.45) is 5.16 Å². The van der Waals surface area contributed by atoms with E-state index >= 15 is 0 Å². The minimum atomic E-state index is 0.0337. The Kier molecular flexibility index (Phi) is 4.70. The summed E-state index contributed by atoms with van der Waals surface area (Å²) in [7, 11) is 0. The molecule has 0 aliphatic carbocycles. The monoisotopic (exact) mass is 255 g/mol. The van der Waals surface area contributed by atoms with Gasteiger partial charge in [0.1, 0.15) is 6.61 Å². The van der Waals surface area contributed by atoms with E-state index in [1.807, 2.05) is 61.5 Å². The van der Waals surface area contributed by atoms with Crippen molar-refractivity contribution < 1.29 is 9.94 Å². The molecule has 2 rings (SSSR count). The number of oxime groups is 1. The molecule has 19 heavy (non-hydrogen) atoms. The summed E-state index contributed by atoms with van der Waals surface area (Å²) >= 11 is 0. The second-order valence-corrected chi connectivity index (χ2v) is 4.29. The van der Waals surface area contributed by atoms with Crippen LogP contribution >= 0.6 is 0 Å². The zero-order valence-electron chi connectivity index (χ0n) is 10.9. The summed E-state index contributed by atoms with van der Waals surface area (Å²) in [6, 6.07) is 17.5. The molecule has 0 fully saturated rings. The standard InChI is InChI=1S/C16H17NO2/c1-13(16-9-5-8-15(10-16)11-18)17-19-12-14-6-3-2-4-7-14/h2-10,18H,11-12H2,1H3. The van der Waals surface area contributed by atoms with Crippen LogP contribution in [0.25, 0.3) is 0 Å². The lowest BCUT2D eigenvalue weighted by atomic mass is 10.1. The van der Waals surface area contributed by atoms with Crippen LogP contribution < -0.4 is 0 Å². The first-order valence-corrected chi connectivity index (χ1v) is 6.20. The van der Waals surface area contributed by atoms with Crippen molar-refractivity contribution in [1.82, 2.24) is 0 Å². The van der Waals surface area contributed by atoms with Crippen molar-refractivity contribution in [2.75, 3.05) is 0 Å². The Morgan fingerprint density at radius 2 is 1.79 bits per heavy atom. The molecule has 3 heteroatoms. The highest BCUT2D eigenvalue weighted by molar-refractivity contribution is 5.98. The van der Waals surface area contributed by atoms with Gasteiger partial charge < -0.3 is 9.94 Å². The van der Waals surface area contributed by atoms with Crippen molar-refractivity contribution in [3.63, 3.8) is 0 Å². The van der Waals surface area contributed by atoms with Crippen LogP contribution in [0, 0.1) is 0 Å². The highest BCUT2D eigenvalue weighted by Crippen LogP contribution is 2.08. The Morgan fingerprint density at radius 1 is 1.05 bits per heavy atom. The summed E-state index contributed by atoms with van der Waals surface area (Å²) in [5, 5.41) is 13.2. The Labute approximate surface area is 113 Å². The molecule has 0 heterocycles. The third-order valence-electron chi connectivity index (χ3n) is 2.80. The molecule has 0 spiro atoms. The maximum atomic E-state index is 9.10. The molecule has 0 atom stereocenters. The van der Waals surface area contributed by atoms with E-state index in [1.54, 1.807) is 0 Å². The molecule has 2 aromatic carbocycles. The topological polar surface area (TPSA) is 41.8 Å². The highest BCUT2D eigenvalue weighted by Gasteiger charge is 1.99. The second-order valence-electron chi connectivity index (χ2n) is 4.29. The normalized spacial score (nSPS) is 11.4. The predicted octanol–water partition coefficient (Wildman–Crippen LogP) is 3.12. The van der Waals surface area contributed by atoms with Crippen molar-refractivity contribution in [3.8, 4) is 0 Å². The summed E-state index contributed by atoms with van der Waals surface area (Å²) in [5.41, 5.74) is 3.71. The fourth-order valence-electron chi connectivity index (χ4n) is 1.73. The van der Waals surface area contributed by atoms with Gasteiger partial charge in [-0.05, 0) is 29.7 Å². The fraction of sp³-hybridized carbons (Fsp3) is 0.188. The lowest BCUT2D eigenvalue weighted by Gasteiger charge is -2.04. The van der Waals surface area contributed by atoms with E-state index in [9.17, 15) is 0 Å². The molecule has 0 aliphatic heterocycles. The molecule has 0 unspecified atom stereocenters. The number of hydrogen-bond acceptors (Lipinski definition) is 3. The van der Waals surface area contributed by atoms with Gasteiger partial charge >= 0.3 is 0 Å². The molecule has 98 valence electrons. The first-order chi connectivity index (χ1) is 9.29. The largest absolute Gasteiger partial charge is 0.392 e. The fourth-order valence-corrected chi connectivity index (χ4v) is 1.73. The summed E-state index contributed by atoms with van der Waals surface area (Å²) in [6.45, 7) is 2.38. The quantitative estimate of drug-likeness (QED) is 0.659. The molecular formula is C16H17NO2. The maximum absolute atomic E-state index is 9.10. The summed E-state index contributed by atoms with van der Waals surface area (Å²) in [4.78, 5) is 5.33. The predicted molar refractivity (Wildman–Crippen MR) is 75.8 cm³/mol. The van der Waals surface area contributed by atoms with Gasteiger partial charge in [-0.2, -0.15) is 0 Å². The van der Waals surface area contributed by atoms with E-state index in [0.717, 1.165) is 22.4 Å². The van der Waals surface area contributed by atoms with Gasteiger partial charge in [0.05, 0.1) is 12.3 Å². The average Bonchev–Trinajstić information content (AvgIpc) is 2.48. The van der Waals surface area contributed by atoms with E-state index < -0.39 is 0 Å². The number of benzene rings is 2. The van der Waals surface area contributed by atoms with Gasteiger partial charge in [0.15, 0.2) is 0 Å². The number of rotatable bonds is 5. The van der Waals surface area contributed by atoms with Gasteiger partial charge in [-0.1, -0.05) is 53.7 Å². The van der Waals surface area contributed by atoms with Gasteiger partial charge in [-0.15, -0.1) is 0 Å². The van der Waals surface area contributed by atoms with Crippen LogP contribution in [-0.4, -0.2) is 10.8 Å². The molecule has 0 saturated heterocycles. The van der Waals surface area contributed by atoms with E-state index in [1.165, 1.54) is 0 Å². The van der Waals surface area contributed by atoms with Gasteiger partial charge in [0.25, 0.3) is 0 Å². The van der Waals surface area contributed by atoms with Crippen molar-refractivity contribution in [3.05, 3.63) is 71.3 Å². The van der Waals surface area contributed by atoms with Crippen LogP contribution in [0.1, 0.15) is 23.6 Å². The van der Waals surface area contributed by atoms with Crippen LogP contribution in [0.2, 0.25) is 0 Å². The number of aliphatic hydroxyl groups excluding tert-OH is 1. The molecule has 0 aromatic heterocycles. The van der Waals surface area contributed by atoms with Gasteiger partial charge in [0.2, 0.25) is 0 Å². The second kappa shape index (κ2) is 6.71. The average molecular weight is 255 g/mol. The Bertz CT molecular complexity index is 550. The number of hydrogen-bond donors (Lipinski definition) is 1. The minimum absolute atomic E-state index is 0.0337. The van der Waals surface area contributed by atoms with Gasteiger partial charge in [-0.25, -0.2) is 0 Å². The molecule has 0 radical (unpaired) electrons. The van der Waals surface area contributed by atoms with Gasteiger partial charge in [0, 0.05) is 0 Å². The number of aliphatic hydroxyl groups is 1. The minimum Gasteiger partial charge on any atom is -0.392 e. The molecule has 1 N–H and O–H groups in total.